The molecule has 0 fully saturated rings. The van der Waals surface area contributed by atoms with Gasteiger partial charge in [0.1, 0.15) is 12.5 Å². The van der Waals surface area contributed by atoms with Gasteiger partial charge in [-0.15, -0.1) is 0 Å². The number of pyridine rings is 1. The van der Waals surface area contributed by atoms with Crippen molar-refractivity contribution in [3.63, 3.8) is 0 Å². The van der Waals surface area contributed by atoms with E-state index in [2.05, 4.69) is 9.97 Å². The van der Waals surface area contributed by atoms with Crippen molar-refractivity contribution in [2.75, 3.05) is 0 Å². The van der Waals surface area contributed by atoms with Crippen LogP contribution in [0.2, 0.25) is 10.0 Å². The number of rotatable bonds is 3. The van der Waals surface area contributed by atoms with Crippen LogP contribution in [0.15, 0.2) is 41.6 Å². The number of hydrogen-bond acceptors (Lipinski definition) is 5. The molecule has 116 valence electrons. The maximum Gasteiger partial charge on any atom is 0.288 e. The number of hydrogen-bond donors (Lipinski definition) is 0. The summed E-state index contributed by atoms with van der Waals surface area (Å²) in [6, 6.07) is 6.18. The van der Waals surface area contributed by atoms with Gasteiger partial charge in [0.2, 0.25) is 0 Å². The molecule has 0 N–H and O–H groups in total. The van der Waals surface area contributed by atoms with Crippen LogP contribution >= 0.6 is 23.2 Å². The Hall–Kier alpha value is -2.51. The smallest absolute Gasteiger partial charge is 0.288 e. The molecule has 0 spiro atoms. The highest BCUT2D eigenvalue weighted by molar-refractivity contribution is 6.42. The first-order valence-corrected chi connectivity index (χ1v) is 7.15. The highest BCUT2D eigenvalue weighted by Gasteiger charge is 2.12. The van der Waals surface area contributed by atoms with Crippen molar-refractivity contribution >= 4 is 39.9 Å². The largest absolute Gasteiger partial charge is 0.294 e. The summed E-state index contributed by atoms with van der Waals surface area (Å²) in [6.45, 7) is 0.210. The van der Waals surface area contributed by atoms with E-state index in [0.29, 0.717) is 10.0 Å². The molecule has 3 aromatic rings. The summed E-state index contributed by atoms with van der Waals surface area (Å²) in [5.41, 5.74) is 0.230. The van der Waals surface area contributed by atoms with Gasteiger partial charge in [0.15, 0.2) is 5.65 Å². The van der Waals surface area contributed by atoms with Crippen LogP contribution in [0.25, 0.3) is 11.0 Å². The maximum absolute atomic E-state index is 12.5. The average Bonchev–Trinajstić information content (AvgIpc) is 2.53. The highest BCUT2D eigenvalue weighted by Crippen LogP contribution is 2.23. The Balaban J connectivity index is 2.07. The Labute approximate surface area is 139 Å². The van der Waals surface area contributed by atoms with E-state index in [-0.39, 0.29) is 23.3 Å². The van der Waals surface area contributed by atoms with Crippen LogP contribution in [0.3, 0.4) is 0 Å². The normalized spacial score (nSPS) is 10.9. The molecule has 0 atom stereocenters. The molecular formula is C14H8Cl2N4O3. The Kier molecular flexibility index (Phi) is 3.97. The Bertz CT molecular complexity index is 987. The van der Waals surface area contributed by atoms with Gasteiger partial charge < -0.3 is 0 Å². The molecule has 0 amide bonds. The fourth-order valence-corrected chi connectivity index (χ4v) is 2.41. The minimum atomic E-state index is -0.609. The van der Waals surface area contributed by atoms with Gasteiger partial charge in [-0.25, -0.2) is 9.97 Å². The molecular weight excluding hydrogens is 343 g/mol. The van der Waals surface area contributed by atoms with E-state index in [0.717, 1.165) is 11.8 Å². The second-order valence-electron chi connectivity index (χ2n) is 4.75. The van der Waals surface area contributed by atoms with Gasteiger partial charge in [0, 0.05) is 6.07 Å². The molecule has 0 aliphatic rings. The second kappa shape index (κ2) is 5.94. The summed E-state index contributed by atoms with van der Waals surface area (Å²) in [6.07, 6.45) is 2.41. The fourth-order valence-electron chi connectivity index (χ4n) is 2.09. The third-order valence-electron chi connectivity index (χ3n) is 3.21. The number of aromatic nitrogens is 3. The predicted molar refractivity (Wildman–Crippen MR) is 86.0 cm³/mol. The van der Waals surface area contributed by atoms with E-state index < -0.39 is 10.5 Å². The number of halogens is 2. The lowest BCUT2D eigenvalue weighted by molar-refractivity contribution is -0.385. The third kappa shape index (κ3) is 3.01. The number of fused-ring (bicyclic) bond motifs is 1. The number of benzene rings is 1. The SMILES string of the molecule is O=c1c2cc([N+](=O)[O-])cnc2ncn1Cc1ccc(Cl)c(Cl)c1. The zero-order chi connectivity index (χ0) is 16.6. The molecule has 0 saturated heterocycles. The molecule has 1 aromatic carbocycles. The third-order valence-corrected chi connectivity index (χ3v) is 3.95. The first kappa shape index (κ1) is 15.4. The summed E-state index contributed by atoms with van der Waals surface area (Å²) in [5.74, 6) is 0. The van der Waals surface area contributed by atoms with Crippen molar-refractivity contribution in [1.29, 1.82) is 0 Å². The Morgan fingerprint density at radius 1 is 1.17 bits per heavy atom. The topological polar surface area (TPSA) is 90.9 Å². The van der Waals surface area contributed by atoms with Gasteiger partial charge in [-0.3, -0.25) is 19.5 Å². The number of nitrogens with zero attached hydrogens (tertiary/aromatic N) is 4. The van der Waals surface area contributed by atoms with Crippen molar-refractivity contribution in [1.82, 2.24) is 14.5 Å². The summed E-state index contributed by atoms with van der Waals surface area (Å²) in [5, 5.41) is 11.7. The van der Waals surface area contributed by atoms with Crippen LogP contribution < -0.4 is 5.56 Å². The van der Waals surface area contributed by atoms with Gasteiger partial charge in [-0.05, 0) is 17.7 Å². The van der Waals surface area contributed by atoms with E-state index in [9.17, 15) is 14.9 Å². The van der Waals surface area contributed by atoms with Crippen LogP contribution in [-0.4, -0.2) is 19.5 Å². The lowest BCUT2D eigenvalue weighted by Gasteiger charge is -2.07. The van der Waals surface area contributed by atoms with E-state index in [1.54, 1.807) is 18.2 Å². The molecule has 0 aliphatic carbocycles. The van der Waals surface area contributed by atoms with E-state index in [1.807, 2.05) is 0 Å². The zero-order valence-corrected chi connectivity index (χ0v) is 13.0. The summed E-state index contributed by atoms with van der Waals surface area (Å²) >= 11 is 11.8. The lowest BCUT2D eigenvalue weighted by Crippen LogP contribution is -2.21. The number of nitro groups is 1. The molecule has 0 aliphatic heterocycles. The van der Waals surface area contributed by atoms with Crippen LogP contribution in [-0.2, 0) is 6.54 Å². The summed E-state index contributed by atoms with van der Waals surface area (Å²) in [4.78, 5) is 30.5. The zero-order valence-electron chi connectivity index (χ0n) is 11.4. The quantitative estimate of drug-likeness (QED) is 0.534. The molecule has 9 heteroatoms. The van der Waals surface area contributed by atoms with Crippen LogP contribution in [0.1, 0.15) is 5.56 Å². The predicted octanol–water partition coefficient (Wildman–Crippen LogP) is 3.05. The maximum atomic E-state index is 12.5. The van der Waals surface area contributed by atoms with Gasteiger partial charge in [-0.2, -0.15) is 0 Å². The van der Waals surface area contributed by atoms with Crippen LogP contribution in [0, 0.1) is 10.1 Å². The fraction of sp³-hybridized carbons (Fsp3) is 0.0714. The molecule has 0 radical (unpaired) electrons. The molecule has 23 heavy (non-hydrogen) atoms. The first-order valence-electron chi connectivity index (χ1n) is 6.39. The van der Waals surface area contributed by atoms with E-state index in [1.165, 1.54) is 17.0 Å². The van der Waals surface area contributed by atoms with Gasteiger partial charge in [0.25, 0.3) is 11.2 Å². The highest BCUT2D eigenvalue weighted by atomic mass is 35.5. The van der Waals surface area contributed by atoms with E-state index >= 15 is 0 Å². The Morgan fingerprint density at radius 3 is 2.65 bits per heavy atom. The molecule has 2 aromatic heterocycles. The average molecular weight is 351 g/mol. The minimum absolute atomic E-state index is 0.0850. The minimum Gasteiger partial charge on any atom is -0.294 e. The van der Waals surface area contributed by atoms with Crippen molar-refractivity contribution in [2.24, 2.45) is 0 Å². The van der Waals surface area contributed by atoms with Crippen molar-refractivity contribution in [3.8, 4) is 0 Å². The monoisotopic (exact) mass is 350 g/mol. The van der Waals surface area contributed by atoms with Crippen molar-refractivity contribution in [2.45, 2.75) is 6.54 Å². The van der Waals surface area contributed by atoms with Crippen molar-refractivity contribution in [3.05, 3.63) is 72.9 Å². The second-order valence-corrected chi connectivity index (χ2v) is 5.56. The Morgan fingerprint density at radius 2 is 1.96 bits per heavy atom. The van der Waals surface area contributed by atoms with Crippen LogP contribution in [0.5, 0.6) is 0 Å². The van der Waals surface area contributed by atoms with Gasteiger partial charge in [-0.1, -0.05) is 29.3 Å². The van der Waals surface area contributed by atoms with Crippen molar-refractivity contribution < 1.29 is 4.92 Å². The summed E-state index contributed by atoms with van der Waals surface area (Å²) in [7, 11) is 0. The van der Waals surface area contributed by atoms with Gasteiger partial charge in [0.05, 0.1) is 26.9 Å². The van der Waals surface area contributed by atoms with E-state index in [4.69, 9.17) is 23.2 Å². The lowest BCUT2D eigenvalue weighted by atomic mass is 10.2. The molecule has 0 saturated carbocycles. The standard InChI is InChI=1S/C14H8Cl2N4O3/c15-11-2-1-8(3-12(11)16)6-19-7-18-13-10(14(19)21)4-9(5-17-13)20(22)23/h1-5,7H,6H2. The summed E-state index contributed by atoms with van der Waals surface area (Å²) < 4.78 is 1.33. The first-order chi connectivity index (χ1) is 11.0. The van der Waals surface area contributed by atoms with Gasteiger partial charge >= 0.3 is 0 Å². The molecule has 7 nitrogen and oxygen atoms in total. The molecule has 2 heterocycles. The molecule has 0 unspecified atom stereocenters. The molecule has 0 bridgehead atoms. The molecule has 3 rings (SSSR count). The van der Waals surface area contributed by atoms with Crippen LogP contribution in [0.4, 0.5) is 5.69 Å².